The van der Waals surface area contributed by atoms with Gasteiger partial charge in [-0.2, -0.15) is 18.4 Å². The third kappa shape index (κ3) is 3.46. The average molecular weight is 325 g/mol. The molecule has 0 spiro atoms. The van der Waals surface area contributed by atoms with E-state index in [1.165, 1.54) is 6.07 Å². The van der Waals surface area contributed by atoms with Crippen LogP contribution in [0.15, 0.2) is 53.4 Å². The molecular formula is C15H10F3NO2S. The standard InChI is InChI=1S/C15H10F3NO2S/c16-15(17,18)14-8-13(7-6-12(14)9-19)22(20,21)10-11-4-2-1-3-5-11/h1-8H,10H2. The predicted molar refractivity (Wildman–Crippen MR) is 73.5 cm³/mol. The van der Waals surface area contributed by atoms with E-state index in [4.69, 9.17) is 5.26 Å². The van der Waals surface area contributed by atoms with E-state index in [9.17, 15) is 21.6 Å². The first-order chi connectivity index (χ1) is 10.2. The van der Waals surface area contributed by atoms with Crippen LogP contribution in [0.2, 0.25) is 0 Å². The molecule has 0 radical (unpaired) electrons. The fourth-order valence-corrected chi connectivity index (χ4v) is 3.30. The van der Waals surface area contributed by atoms with E-state index in [0.29, 0.717) is 11.6 Å². The molecule has 0 heterocycles. The lowest BCUT2D eigenvalue weighted by Crippen LogP contribution is -2.11. The molecule has 0 unspecified atom stereocenters. The SMILES string of the molecule is N#Cc1ccc(S(=O)(=O)Cc2ccccc2)cc1C(F)(F)F. The van der Waals surface area contributed by atoms with Gasteiger partial charge in [-0.25, -0.2) is 8.42 Å². The number of hydrogen-bond donors (Lipinski definition) is 0. The first kappa shape index (κ1) is 16.0. The van der Waals surface area contributed by atoms with Crippen LogP contribution in [0.3, 0.4) is 0 Å². The van der Waals surface area contributed by atoms with Crippen molar-refractivity contribution in [3.63, 3.8) is 0 Å². The predicted octanol–water partition coefficient (Wildman–Crippen LogP) is 3.55. The molecule has 0 aliphatic heterocycles. The van der Waals surface area contributed by atoms with Gasteiger partial charge in [0.15, 0.2) is 9.84 Å². The molecule has 0 atom stereocenters. The van der Waals surface area contributed by atoms with E-state index in [-0.39, 0.29) is 0 Å². The van der Waals surface area contributed by atoms with Crippen LogP contribution in [0.5, 0.6) is 0 Å². The van der Waals surface area contributed by atoms with E-state index in [2.05, 4.69) is 0 Å². The van der Waals surface area contributed by atoms with Gasteiger partial charge in [0.25, 0.3) is 0 Å². The summed E-state index contributed by atoms with van der Waals surface area (Å²) in [5.74, 6) is -0.406. The molecule has 0 fully saturated rings. The minimum atomic E-state index is -4.79. The lowest BCUT2D eigenvalue weighted by Gasteiger charge is -2.11. The number of nitriles is 1. The van der Waals surface area contributed by atoms with Crippen molar-refractivity contribution in [2.45, 2.75) is 16.8 Å². The van der Waals surface area contributed by atoms with Crippen LogP contribution in [0.4, 0.5) is 13.2 Å². The molecule has 0 saturated heterocycles. The maximum atomic E-state index is 12.9. The van der Waals surface area contributed by atoms with Crippen LogP contribution in [0.1, 0.15) is 16.7 Å². The minimum Gasteiger partial charge on any atom is -0.223 e. The average Bonchev–Trinajstić information content (AvgIpc) is 2.46. The Kier molecular flexibility index (Phi) is 4.24. The van der Waals surface area contributed by atoms with E-state index in [1.54, 1.807) is 30.3 Å². The minimum absolute atomic E-state index is 0.406. The highest BCUT2D eigenvalue weighted by molar-refractivity contribution is 7.90. The van der Waals surface area contributed by atoms with Crippen LogP contribution < -0.4 is 0 Å². The van der Waals surface area contributed by atoms with Crippen LogP contribution in [0.25, 0.3) is 0 Å². The molecule has 0 aromatic heterocycles. The van der Waals surface area contributed by atoms with Gasteiger partial charge in [0.05, 0.1) is 27.8 Å². The largest absolute Gasteiger partial charge is 0.417 e. The lowest BCUT2D eigenvalue weighted by molar-refractivity contribution is -0.137. The van der Waals surface area contributed by atoms with Crippen molar-refractivity contribution in [1.82, 2.24) is 0 Å². The number of benzene rings is 2. The molecule has 2 aromatic rings. The molecule has 0 N–H and O–H groups in total. The monoisotopic (exact) mass is 325 g/mol. The molecule has 0 bridgehead atoms. The summed E-state index contributed by atoms with van der Waals surface area (Å²) in [6.07, 6.45) is -4.79. The number of nitrogens with zero attached hydrogens (tertiary/aromatic N) is 1. The highest BCUT2D eigenvalue weighted by atomic mass is 32.2. The third-order valence-corrected chi connectivity index (χ3v) is 4.66. The molecule has 0 saturated carbocycles. The topological polar surface area (TPSA) is 57.9 Å². The van der Waals surface area contributed by atoms with Crippen LogP contribution in [-0.4, -0.2) is 8.42 Å². The van der Waals surface area contributed by atoms with Crippen LogP contribution >= 0.6 is 0 Å². The molecule has 22 heavy (non-hydrogen) atoms. The third-order valence-electron chi connectivity index (χ3n) is 2.98. The summed E-state index contributed by atoms with van der Waals surface area (Å²) >= 11 is 0. The van der Waals surface area contributed by atoms with Gasteiger partial charge in [-0.05, 0) is 23.8 Å². The molecule has 0 aliphatic rings. The number of rotatable bonds is 3. The smallest absolute Gasteiger partial charge is 0.223 e. The van der Waals surface area contributed by atoms with Gasteiger partial charge in [0, 0.05) is 0 Å². The summed E-state index contributed by atoms with van der Waals surface area (Å²) in [7, 11) is -3.93. The van der Waals surface area contributed by atoms with Crippen molar-refractivity contribution in [2.24, 2.45) is 0 Å². The zero-order chi connectivity index (χ0) is 16.4. The van der Waals surface area contributed by atoms with Crippen molar-refractivity contribution in [2.75, 3.05) is 0 Å². The van der Waals surface area contributed by atoms with E-state index in [0.717, 1.165) is 12.1 Å². The Hall–Kier alpha value is -2.33. The van der Waals surface area contributed by atoms with Crippen molar-refractivity contribution >= 4 is 9.84 Å². The highest BCUT2D eigenvalue weighted by Crippen LogP contribution is 2.33. The summed E-state index contributed by atoms with van der Waals surface area (Å²) in [6, 6.07) is 12.0. The van der Waals surface area contributed by atoms with Crippen LogP contribution in [0, 0.1) is 11.3 Å². The molecular weight excluding hydrogens is 315 g/mol. The fraction of sp³-hybridized carbons (Fsp3) is 0.133. The molecule has 2 rings (SSSR count). The Morgan fingerprint density at radius 1 is 1.05 bits per heavy atom. The Morgan fingerprint density at radius 2 is 1.68 bits per heavy atom. The summed E-state index contributed by atoms with van der Waals surface area (Å²) in [6.45, 7) is 0. The molecule has 114 valence electrons. The molecule has 2 aromatic carbocycles. The first-order valence-corrected chi connectivity index (χ1v) is 7.77. The van der Waals surface area contributed by atoms with Gasteiger partial charge in [0.1, 0.15) is 0 Å². The first-order valence-electron chi connectivity index (χ1n) is 6.12. The lowest BCUT2D eigenvalue weighted by atomic mass is 10.1. The number of halogens is 3. The molecule has 0 aliphatic carbocycles. The molecule has 3 nitrogen and oxygen atoms in total. The summed E-state index contributed by atoms with van der Waals surface area (Å²) in [4.78, 5) is -0.456. The zero-order valence-electron chi connectivity index (χ0n) is 11.1. The Bertz CT molecular complexity index is 822. The quantitative estimate of drug-likeness (QED) is 0.867. The zero-order valence-corrected chi connectivity index (χ0v) is 11.9. The van der Waals surface area contributed by atoms with Crippen LogP contribution in [-0.2, 0) is 21.8 Å². The van der Waals surface area contributed by atoms with Gasteiger partial charge in [-0.1, -0.05) is 30.3 Å². The summed E-state index contributed by atoms with van der Waals surface area (Å²) in [5, 5.41) is 8.71. The van der Waals surface area contributed by atoms with E-state index < -0.39 is 37.8 Å². The van der Waals surface area contributed by atoms with Crippen molar-refractivity contribution in [3.8, 4) is 6.07 Å². The molecule has 0 amide bonds. The normalized spacial score (nSPS) is 11.9. The van der Waals surface area contributed by atoms with E-state index in [1.807, 2.05) is 0 Å². The van der Waals surface area contributed by atoms with Gasteiger partial charge in [-0.15, -0.1) is 0 Å². The van der Waals surface area contributed by atoms with Gasteiger partial charge in [0.2, 0.25) is 0 Å². The van der Waals surface area contributed by atoms with Gasteiger partial charge >= 0.3 is 6.18 Å². The second-order valence-corrected chi connectivity index (χ2v) is 6.55. The Balaban J connectivity index is 2.47. The fourth-order valence-electron chi connectivity index (χ4n) is 1.93. The van der Waals surface area contributed by atoms with Crippen molar-refractivity contribution in [3.05, 3.63) is 65.2 Å². The Labute approximate surface area is 125 Å². The maximum absolute atomic E-state index is 12.9. The van der Waals surface area contributed by atoms with Gasteiger partial charge < -0.3 is 0 Å². The summed E-state index contributed by atoms with van der Waals surface area (Å²) < 4.78 is 63.1. The van der Waals surface area contributed by atoms with Gasteiger partial charge in [-0.3, -0.25) is 0 Å². The molecule has 7 heteroatoms. The second kappa shape index (κ2) is 5.81. The van der Waals surface area contributed by atoms with E-state index >= 15 is 0 Å². The second-order valence-electron chi connectivity index (χ2n) is 4.56. The number of alkyl halides is 3. The van der Waals surface area contributed by atoms with Crippen molar-refractivity contribution in [1.29, 1.82) is 5.26 Å². The Morgan fingerprint density at radius 3 is 2.23 bits per heavy atom. The maximum Gasteiger partial charge on any atom is 0.417 e. The summed E-state index contributed by atoms with van der Waals surface area (Å²) in [5.41, 5.74) is -1.38. The number of sulfone groups is 1. The number of hydrogen-bond acceptors (Lipinski definition) is 3. The highest BCUT2D eigenvalue weighted by Gasteiger charge is 2.35. The van der Waals surface area contributed by atoms with Crippen molar-refractivity contribution < 1.29 is 21.6 Å².